The first kappa shape index (κ1) is 18.6. The molecule has 0 aromatic heterocycles. The van der Waals surface area contributed by atoms with Gasteiger partial charge in [0.1, 0.15) is 0 Å². The molecule has 0 aliphatic carbocycles. The summed E-state index contributed by atoms with van der Waals surface area (Å²) in [7, 11) is -3.98. The molecule has 3 N–H and O–H groups in total. The summed E-state index contributed by atoms with van der Waals surface area (Å²) in [4.78, 5) is 25.6. The average Bonchev–Trinajstić information content (AvgIpc) is 2.56. The molecule has 0 heterocycles. The van der Waals surface area contributed by atoms with E-state index in [0.717, 1.165) is 11.1 Å². The van der Waals surface area contributed by atoms with Crippen LogP contribution in [0.25, 0.3) is 0 Å². The summed E-state index contributed by atoms with van der Waals surface area (Å²) in [5.41, 5.74) is 4.63. The SMILES string of the molecule is Cc1ccc(NC(=O)C(=O)NNS(=O)(=O)c2cc(C)ccc2C)cc1. The fourth-order valence-corrected chi connectivity index (χ4v) is 3.22. The number of amides is 2. The van der Waals surface area contributed by atoms with Crippen LogP contribution in [0.15, 0.2) is 47.4 Å². The van der Waals surface area contributed by atoms with Crippen molar-refractivity contribution < 1.29 is 18.0 Å². The van der Waals surface area contributed by atoms with Crippen molar-refractivity contribution in [3.63, 3.8) is 0 Å². The molecule has 0 aliphatic heterocycles. The highest BCUT2D eigenvalue weighted by atomic mass is 32.2. The standard InChI is InChI=1S/C17H19N3O4S/c1-11-5-8-14(9-6-11)18-16(21)17(22)19-20-25(23,24)15-10-12(2)4-7-13(15)3/h4-10,20H,1-3H3,(H,18,21)(H,19,22). The lowest BCUT2D eigenvalue weighted by Crippen LogP contribution is -2.46. The molecule has 8 heteroatoms. The van der Waals surface area contributed by atoms with Gasteiger partial charge in [0.2, 0.25) is 0 Å². The van der Waals surface area contributed by atoms with E-state index in [9.17, 15) is 18.0 Å². The number of benzene rings is 2. The molecule has 7 nitrogen and oxygen atoms in total. The second-order valence-electron chi connectivity index (χ2n) is 5.65. The van der Waals surface area contributed by atoms with Crippen LogP contribution in [0, 0.1) is 20.8 Å². The second-order valence-corrected chi connectivity index (χ2v) is 7.30. The van der Waals surface area contributed by atoms with E-state index in [2.05, 4.69) is 5.32 Å². The average molecular weight is 361 g/mol. The molecule has 0 bridgehead atoms. The van der Waals surface area contributed by atoms with Gasteiger partial charge in [-0.15, -0.1) is 4.83 Å². The molecule has 0 aliphatic rings. The van der Waals surface area contributed by atoms with Crippen LogP contribution < -0.4 is 15.6 Å². The number of anilines is 1. The molecule has 25 heavy (non-hydrogen) atoms. The summed E-state index contributed by atoms with van der Waals surface area (Å²) < 4.78 is 24.5. The topological polar surface area (TPSA) is 104 Å². The van der Waals surface area contributed by atoms with E-state index in [0.29, 0.717) is 11.3 Å². The van der Waals surface area contributed by atoms with Gasteiger partial charge in [-0.25, -0.2) is 8.42 Å². The quantitative estimate of drug-likeness (QED) is 0.568. The van der Waals surface area contributed by atoms with Crippen LogP contribution in [0.1, 0.15) is 16.7 Å². The summed E-state index contributed by atoms with van der Waals surface area (Å²) in [6, 6.07) is 11.8. The zero-order valence-corrected chi connectivity index (χ0v) is 14.9. The van der Waals surface area contributed by atoms with Gasteiger partial charge in [-0.05, 0) is 50.1 Å². The first-order chi connectivity index (χ1) is 11.7. The summed E-state index contributed by atoms with van der Waals surface area (Å²) in [5, 5.41) is 2.38. The number of carbonyl (C=O) groups excluding carboxylic acids is 2. The number of aryl methyl sites for hydroxylation is 3. The Bertz CT molecular complexity index is 906. The maximum Gasteiger partial charge on any atom is 0.324 e. The van der Waals surface area contributed by atoms with E-state index in [1.807, 2.05) is 17.2 Å². The van der Waals surface area contributed by atoms with Crippen molar-refractivity contribution >= 4 is 27.5 Å². The monoisotopic (exact) mass is 361 g/mol. The molecule has 0 spiro atoms. The number of hydrogen-bond acceptors (Lipinski definition) is 4. The molecule has 0 atom stereocenters. The van der Waals surface area contributed by atoms with Gasteiger partial charge in [-0.1, -0.05) is 29.8 Å². The Hall–Kier alpha value is -2.71. The lowest BCUT2D eigenvalue weighted by Gasteiger charge is -2.11. The van der Waals surface area contributed by atoms with Crippen LogP contribution in [0.2, 0.25) is 0 Å². The zero-order valence-electron chi connectivity index (χ0n) is 14.1. The van der Waals surface area contributed by atoms with Crippen molar-refractivity contribution in [3.8, 4) is 0 Å². The van der Waals surface area contributed by atoms with Crippen LogP contribution in [-0.2, 0) is 19.6 Å². The highest BCUT2D eigenvalue weighted by molar-refractivity contribution is 7.89. The summed E-state index contributed by atoms with van der Waals surface area (Å²) in [6.45, 7) is 5.28. The van der Waals surface area contributed by atoms with Crippen molar-refractivity contribution in [1.29, 1.82) is 0 Å². The van der Waals surface area contributed by atoms with Gasteiger partial charge in [0.15, 0.2) is 0 Å². The maximum absolute atomic E-state index is 12.3. The number of hydrogen-bond donors (Lipinski definition) is 3. The Morgan fingerprint density at radius 1 is 0.840 bits per heavy atom. The lowest BCUT2D eigenvalue weighted by atomic mass is 10.2. The number of rotatable bonds is 4. The van der Waals surface area contributed by atoms with Crippen molar-refractivity contribution in [2.75, 3.05) is 5.32 Å². The van der Waals surface area contributed by atoms with Gasteiger partial charge in [0, 0.05) is 5.69 Å². The molecule has 2 amide bonds. The minimum atomic E-state index is -3.98. The minimum Gasteiger partial charge on any atom is -0.318 e. The van der Waals surface area contributed by atoms with Crippen molar-refractivity contribution in [2.24, 2.45) is 0 Å². The van der Waals surface area contributed by atoms with E-state index in [4.69, 9.17) is 0 Å². The molecule has 0 saturated carbocycles. The first-order valence-electron chi connectivity index (χ1n) is 7.46. The number of hydrazine groups is 1. The van der Waals surface area contributed by atoms with Crippen LogP contribution in [0.3, 0.4) is 0 Å². The predicted molar refractivity (Wildman–Crippen MR) is 94.2 cm³/mol. The Morgan fingerprint density at radius 2 is 1.44 bits per heavy atom. The maximum atomic E-state index is 12.3. The molecular weight excluding hydrogens is 342 g/mol. The lowest BCUT2D eigenvalue weighted by molar-refractivity contribution is -0.136. The smallest absolute Gasteiger partial charge is 0.318 e. The van der Waals surface area contributed by atoms with E-state index in [1.54, 1.807) is 50.2 Å². The highest BCUT2D eigenvalue weighted by Crippen LogP contribution is 2.16. The molecule has 2 rings (SSSR count). The van der Waals surface area contributed by atoms with E-state index in [-0.39, 0.29) is 4.90 Å². The van der Waals surface area contributed by atoms with Gasteiger partial charge in [-0.3, -0.25) is 15.0 Å². The molecule has 0 unspecified atom stereocenters. The summed E-state index contributed by atoms with van der Waals surface area (Å²) >= 11 is 0. The second kappa shape index (κ2) is 7.45. The van der Waals surface area contributed by atoms with Gasteiger partial charge in [-0.2, -0.15) is 0 Å². The third-order valence-corrected chi connectivity index (χ3v) is 4.84. The zero-order chi connectivity index (χ0) is 18.6. The molecular formula is C17H19N3O4S. The minimum absolute atomic E-state index is 0.0340. The molecule has 132 valence electrons. The van der Waals surface area contributed by atoms with Gasteiger partial charge in [0.25, 0.3) is 10.0 Å². The summed E-state index contributed by atoms with van der Waals surface area (Å²) in [5.74, 6) is -2.10. The molecule has 0 radical (unpaired) electrons. The third-order valence-electron chi connectivity index (χ3n) is 3.45. The Balaban J connectivity index is 2.01. The highest BCUT2D eigenvalue weighted by Gasteiger charge is 2.20. The van der Waals surface area contributed by atoms with Crippen molar-refractivity contribution in [2.45, 2.75) is 25.7 Å². The number of sulfonamides is 1. The molecule has 0 fully saturated rings. The van der Waals surface area contributed by atoms with Crippen LogP contribution in [-0.4, -0.2) is 20.2 Å². The van der Waals surface area contributed by atoms with E-state index in [1.165, 1.54) is 6.07 Å². The molecule has 2 aromatic rings. The van der Waals surface area contributed by atoms with Gasteiger partial charge < -0.3 is 5.32 Å². The Morgan fingerprint density at radius 3 is 2.08 bits per heavy atom. The normalized spacial score (nSPS) is 11.0. The predicted octanol–water partition coefficient (Wildman–Crippen LogP) is 1.56. The fraction of sp³-hybridized carbons (Fsp3) is 0.176. The van der Waals surface area contributed by atoms with Crippen LogP contribution in [0.5, 0.6) is 0 Å². The van der Waals surface area contributed by atoms with Crippen LogP contribution in [0.4, 0.5) is 5.69 Å². The van der Waals surface area contributed by atoms with Crippen LogP contribution >= 0.6 is 0 Å². The van der Waals surface area contributed by atoms with E-state index < -0.39 is 21.8 Å². The molecule has 2 aromatic carbocycles. The van der Waals surface area contributed by atoms with Crippen molar-refractivity contribution in [1.82, 2.24) is 10.3 Å². The first-order valence-corrected chi connectivity index (χ1v) is 8.94. The van der Waals surface area contributed by atoms with Gasteiger partial charge in [0.05, 0.1) is 4.90 Å². The van der Waals surface area contributed by atoms with Crippen molar-refractivity contribution in [3.05, 3.63) is 59.2 Å². The Kier molecular flexibility index (Phi) is 5.55. The third kappa shape index (κ3) is 4.88. The number of carbonyl (C=O) groups is 2. The largest absolute Gasteiger partial charge is 0.324 e. The van der Waals surface area contributed by atoms with Gasteiger partial charge >= 0.3 is 11.8 Å². The summed E-state index contributed by atoms with van der Waals surface area (Å²) in [6.07, 6.45) is 0. The van der Waals surface area contributed by atoms with E-state index >= 15 is 0 Å². The molecule has 0 saturated heterocycles. The fourth-order valence-electron chi connectivity index (χ4n) is 2.05. The Labute approximate surface area is 146 Å². The number of nitrogens with one attached hydrogen (secondary N) is 3.